The summed E-state index contributed by atoms with van der Waals surface area (Å²) in [4.78, 5) is 11.2. The summed E-state index contributed by atoms with van der Waals surface area (Å²) in [6.45, 7) is 1.27. The molecular formula is C10H10BrFO3. The zero-order valence-electron chi connectivity index (χ0n) is 8.56. The second-order valence-electron chi connectivity index (χ2n) is 2.84. The maximum atomic E-state index is 13.5. The Balaban J connectivity index is 3.56. The maximum Gasteiger partial charge on any atom is 0.175 e. The molecule has 0 heterocycles. The van der Waals surface area contributed by atoms with E-state index in [1.807, 2.05) is 0 Å². The average Bonchev–Trinajstić information content (AvgIpc) is 2.15. The molecule has 1 rings (SSSR count). The van der Waals surface area contributed by atoms with Gasteiger partial charge in [0.05, 0.1) is 24.3 Å². The minimum absolute atomic E-state index is 0.0995. The van der Waals surface area contributed by atoms with E-state index in [1.54, 1.807) is 0 Å². The number of ketones is 1. The minimum atomic E-state index is -0.632. The number of benzene rings is 1. The predicted molar refractivity (Wildman–Crippen MR) is 57.2 cm³/mol. The molecule has 0 spiro atoms. The van der Waals surface area contributed by atoms with Crippen LogP contribution in [0.5, 0.6) is 11.5 Å². The quantitative estimate of drug-likeness (QED) is 0.797. The van der Waals surface area contributed by atoms with Crippen LogP contribution in [0.4, 0.5) is 4.39 Å². The van der Waals surface area contributed by atoms with Gasteiger partial charge in [0, 0.05) is 0 Å². The number of hydrogen-bond donors (Lipinski definition) is 0. The number of rotatable bonds is 3. The molecule has 0 aliphatic heterocycles. The molecule has 0 aliphatic carbocycles. The van der Waals surface area contributed by atoms with Crippen LogP contribution in [0.25, 0.3) is 0 Å². The lowest BCUT2D eigenvalue weighted by Gasteiger charge is -2.13. The standard InChI is InChI=1S/C10H10BrFO3/c1-5(13)8-7(12)4-6(11)9(14-2)10(8)15-3/h4H,1-3H3. The lowest BCUT2D eigenvalue weighted by molar-refractivity contribution is 0.101. The highest BCUT2D eigenvalue weighted by Crippen LogP contribution is 2.39. The van der Waals surface area contributed by atoms with Gasteiger partial charge in [0.2, 0.25) is 0 Å². The van der Waals surface area contributed by atoms with Crippen LogP contribution < -0.4 is 9.47 Å². The van der Waals surface area contributed by atoms with Crippen LogP contribution >= 0.6 is 15.9 Å². The summed E-state index contributed by atoms with van der Waals surface area (Å²) in [6, 6.07) is 1.18. The van der Waals surface area contributed by atoms with Crippen LogP contribution in [0, 0.1) is 5.82 Å². The van der Waals surface area contributed by atoms with Crippen LogP contribution in [-0.2, 0) is 0 Å². The normalized spacial score (nSPS) is 9.93. The highest BCUT2D eigenvalue weighted by atomic mass is 79.9. The molecule has 0 aliphatic rings. The first-order valence-corrected chi connectivity index (χ1v) is 4.93. The third-order valence-electron chi connectivity index (χ3n) is 1.90. The Hall–Kier alpha value is -1.10. The fourth-order valence-electron chi connectivity index (χ4n) is 1.29. The van der Waals surface area contributed by atoms with Crippen molar-refractivity contribution in [3.8, 4) is 11.5 Å². The van der Waals surface area contributed by atoms with Crippen molar-refractivity contribution in [2.45, 2.75) is 6.92 Å². The molecule has 0 aromatic heterocycles. The second kappa shape index (κ2) is 4.61. The maximum absolute atomic E-state index is 13.5. The van der Waals surface area contributed by atoms with E-state index >= 15 is 0 Å². The molecule has 5 heteroatoms. The summed E-state index contributed by atoms with van der Waals surface area (Å²) in [6.07, 6.45) is 0. The van der Waals surface area contributed by atoms with E-state index in [0.717, 1.165) is 0 Å². The van der Waals surface area contributed by atoms with Crippen LogP contribution in [-0.4, -0.2) is 20.0 Å². The first-order chi connectivity index (χ1) is 7.02. The fraction of sp³-hybridized carbons (Fsp3) is 0.300. The summed E-state index contributed by atoms with van der Waals surface area (Å²) in [5.74, 6) is -0.622. The molecule has 0 radical (unpaired) electrons. The molecule has 0 amide bonds. The second-order valence-corrected chi connectivity index (χ2v) is 3.69. The van der Waals surface area contributed by atoms with Crippen molar-refractivity contribution in [1.82, 2.24) is 0 Å². The molecule has 3 nitrogen and oxygen atoms in total. The number of halogens is 2. The predicted octanol–water partition coefficient (Wildman–Crippen LogP) is 2.81. The van der Waals surface area contributed by atoms with Gasteiger partial charge >= 0.3 is 0 Å². The molecule has 0 fully saturated rings. The van der Waals surface area contributed by atoms with Gasteiger partial charge in [-0.05, 0) is 28.9 Å². The molecule has 1 aromatic carbocycles. The molecule has 82 valence electrons. The first-order valence-electron chi connectivity index (χ1n) is 4.13. The molecule has 0 atom stereocenters. The van der Waals surface area contributed by atoms with E-state index in [4.69, 9.17) is 9.47 Å². The number of methoxy groups -OCH3 is 2. The van der Waals surface area contributed by atoms with E-state index in [-0.39, 0.29) is 11.3 Å². The molecule has 0 saturated carbocycles. The number of carbonyl (C=O) groups excluding carboxylic acids is 1. The summed E-state index contributed by atoms with van der Waals surface area (Å²) in [7, 11) is 2.78. The Morgan fingerprint density at radius 3 is 2.27 bits per heavy atom. The van der Waals surface area contributed by atoms with Crippen molar-refractivity contribution in [3.63, 3.8) is 0 Å². The van der Waals surface area contributed by atoms with Crippen molar-refractivity contribution in [2.75, 3.05) is 14.2 Å². The Kier molecular flexibility index (Phi) is 3.68. The van der Waals surface area contributed by atoms with Crippen molar-refractivity contribution >= 4 is 21.7 Å². The van der Waals surface area contributed by atoms with Crippen LogP contribution in [0.3, 0.4) is 0 Å². The van der Waals surface area contributed by atoms with Gasteiger partial charge in [0.25, 0.3) is 0 Å². The molecule has 1 aromatic rings. The SMILES string of the molecule is COc1c(Br)cc(F)c(C(C)=O)c1OC. The number of ether oxygens (including phenoxy) is 2. The van der Waals surface area contributed by atoms with Gasteiger partial charge in [-0.15, -0.1) is 0 Å². The van der Waals surface area contributed by atoms with Crippen LogP contribution in [0.2, 0.25) is 0 Å². The van der Waals surface area contributed by atoms with Gasteiger partial charge in [0.15, 0.2) is 17.3 Å². The Labute approximate surface area is 95.3 Å². The van der Waals surface area contributed by atoms with Crippen LogP contribution in [0.1, 0.15) is 17.3 Å². The smallest absolute Gasteiger partial charge is 0.175 e. The summed E-state index contributed by atoms with van der Waals surface area (Å²) in [5.41, 5.74) is -0.0995. The molecule has 0 unspecified atom stereocenters. The van der Waals surface area contributed by atoms with Gasteiger partial charge < -0.3 is 9.47 Å². The number of carbonyl (C=O) groups is 1. The fourth-order valence-corrected chi connectivity index (χ4v) is 1.84. The number of Topliss-reactive ketones (excluding diaryl/α,β-unsaturated/α-hetero) is 1. The lowest BCUT2D eigenvalue weighted by Crippen LogP contribution is -2.04. The van der Waals surface area contributed by atoms with Crippen molar-refractivity contribution < 1.29 is 18.7 Å². The Bertz CT molecular complexity index is 404. The molecular weight excluding hydrogens is 267 g/mol. The Morgan fingerprint density at radius 2 is 1.87 bits per heavy atom. The van der Waals surface area contributed by atoms with E-state index in [9.17, 15) is 9.18 Å². The monoisotopic (exact) mass is 276 g/mol. The van der Waals surface area contributed by atoms with Crippen molar-refractivity contribution in [2.24, 2.45) is 0 Å². The van der Waals surface area contributed by atoms with Gasteiger partial charge in [-0.25, -0.2) is 4.39 Å². The molecule has 0 bridgehead atoms. The largest absolute Gasteiger partial charge is 0.492 e. The van der Waals surface area contributed by atoms with Crippen LogP contribution in [0.15, 0.2) is 10.5 Å². The van der Waals surface area contributed by atoms with Gasteiger partial charge in [0.1, 0.15) is 5.82 Å². The van der Waals surface area contributed by atoms with Crippen molar-refractivity contribution in [3.05, 3.63) is 21.9 Å². The van der Waals surface area contributed by atoms with E-state index in [0.29, 0.717) is 10.2 Å². The number of hydrogen-bond acceptors (Lipinski definition) is 3. The van der Waals surface area contributed by atoms with Crippen molar-refractivity contribution in [1.29, 1.82) is 0 Å². The first kappa shape index (κ1) is 12.0. The van der Waals surface area contributed by atoms with Gasteiger partial charge in [-0.3, -0.25) is 4.79 Å². The Morgan fingerprint density at radius 1 is 1.33 bits per heavy atom. The molecule has 15 heavy (non-hydrogen) atoms. The van der Waals surface area contributed by atoms with E-state index in [2.05, 4.69) is 15.9 Å². The van der Waals surface area contributed by atoms with E-state index < -0.39 is 11.6 Å². The third kappa shape index (κ3) is 2.12. The molecule has 0 N–H and O–H groups in total. The van der Waals surface area contributed by atoms with Gasteiger partial charge in [-0.2, -0.15) is 0 Å². The summed E-state index contributed by atoms with van der Waals surface area (Å²) >= 11 is 3.13. The summed E-state index contributed by atoms with van der Waals surface area (Å²) in [5, 5.41) is 0. The summed E-state index contributed by atoms with van der Waals surface area (Å²) < 4.78 is 23.9. The topological polar surface area (TPSA) is 35.5 Å². The average molecular weight is 277 g/mol. The minimum Gasteiger partial charge on any atom is -0.492 e. The zero-order valence-corrected chi connectivity index (χ0v) is 10.1. The van der Waals surface area contributed by atoms with Gasteiger partial charge in [-0.1, -0.05) is 0 Å². The highest BCUT2D eigenvalue weighted by molar-refractivity contribution is 9.10. The zero-order chi connectivity index (χ0) is 11.6. The highest BCUT2D eigenvalue weighted by Gasteiger charge is 2.21. The van der Waals surface area contributed by atoms with E-state index in [1.165, 1.54) is 27.2 Å². The molecule has 0 saturated heterocycles. The third-order valence-corrected chi connectivity index (χ3v) is 2.49. The lowest BCUT2D eigenvalue weighted by atomic mass is 10.1.